The van der Waals surface area contributed by atoms with E-state index >= 15 is 0 Å². The van der Waals surface area contributed by atoms with Crippen LogP contribution in [0.4, 0.5) is 13.2 Å². The molecule has 0 saturated carbocycles. The molecule has 0 aliphatic carbocycles. The van der Waals surface area contributed by atoms with Gasteiger partial charge in [-0.1, -0.05) is 12.1 Å². The quantitative estimate of drug-likeness (QED) is 0.881. The molecule has 0 saturated heterocycles. The average Bonchev–Trinajstić information content (AvgIpc) is 2.26. The Morgan fingerprint density at radius 2 is 1.72 bits per heavy atom. The van der Waals surface area contributed by atoms with Crippen molar-refractivity contribution < 1.29 is 13.2 Å². The van der Waals surface area contributed by atoms with Crippen LogP contribution in [0.1, 0.15) is 17.5 Å². The Kier molecular flexibility index (Phi) is 5.16. The molecule has 18 heavy (non-hydrogen) atoms. The van der Waals surface area contributed by atoms with Crippen LogP contribution in [0.5, 0.6) is 0 Å². The molecule has 1 aromatic rings. The highest BCUT2D eigenvalue weighted by atomic mass is 19.4. The highest BCUT2D eigenvalue weighted by molar-refractivity contribution is 5.25. The zero-order valence-corrected chi connectivity index (χ0v) is 10.7. The van der Waals surface area contributed by atoms with Crippen LogP contribution < -0.4 is 5.73 Å². The van der Waals surface area contributed by atoms with Crippen molar-refractivity contribution in [2.24, 2.45) is 5.73 Å². The molecule has 2 N–H and O–H groups in total. The second-order valence-electron chi connectivity index (χ2n) is 4.75. The first kappa shape index (κ1) is 15.0. The van der Waals surface area contributed by atoms with Crippen molar-refractivity contribution in [2.75, 3.05) is 20.6 Å². The fourth-order valence-corrected chi connectivity index (χ4v) is 1.66. The van der Waals surface area contributed by atoms with Crippen molar-refractivity contribution in [1.29, 1.82) is 0 Å². The maximum atomic E-state index is 12.4. The van der Waals surface area contributed by atoms with Gasteiger partial charge in [-0.3, -0.25) is 0 Å². The van der Waals surface area contributed by atoms with Gasteiger partial charge in [0.1, 0.15) is 0 Å². The summed E-state index contributed by atoms with van der Waals surface area (Å²) >= 11 is 0. The molecule has 1 atom stereocenters. The van der Waals surface area contributed by atoms with Crippen LogP contribution in [-0.4, -0.2) is 31.6 Å². The molecule has 5 heteroatoms. The third kappa shape index (κ3) is 5.06. The zero-order chi connectivity index (χ0) is 13.8. The van der Waals surface area contributed by atoms with Gasteiger partial charge in [0, 0.05) is 6.04 Å². The van der Waals surface area contributed by atoms with Gasteiger partial charge in [-0.05, 0) is 51.2 Å². The van der Waals surface area contributed by atoms with E-state index in [2.05, 4.69) is 0 Å². The molecule has 0 aliphatic rings. The Balaban J connectivity index is 2.53. The van der Waals surface area contributed by atoms with Crippen molar-refractivity contribution >= 4 is 0 Å². The van der Waals surface area contributed by atoms with Crippen LogP contribution in [-0.2, 0) is 12.6 Å². The van der Waals surface area contributed by atoms with Crippen LogP contribution >= 0.6 is 0 Å². The highest BCUT2D eigenvalue weighted by Crippen LogP contribution is 2.29. The smallest absolute Gasteiger partial charge is 0.327 e. The number of rotatable bonds is 5. The summed E-state index contributed by atoms with van der Waals surface area (Å²) in [5, 5.41) is 0. The van der Waals surface area contributed by atoms with E-state index in [1.165, 1.54) is 12.1 Å². The molecule has 1 unspecified atom stereocenters. The Labute approximate surface area is 106 Å². The fraction of sp³-hybridized carbons (Fsp3) is 0.538. The van der Waals surface area contributed by atoms with Crippen LogP contribution in [0.2, 0.25) is 0 Å². The van der Waals surface area contributed by atoms with E-state index < -0.39 is 11.7 Å². The molecule has 0 aliphatic heterocycles. The molecule has 102 valence electrons. The summed E-state index contributed by atoms with van der Waals surface area (Å²) in [5.41, 5.74) is 6.15. The maximum absolute atomic E-state index is 12.4. The number of hydrogen-bond acceptors (Lipinski definition) is 2. The monoisotopic (exact) mass is 260 g/mol. The van der Waals surface area contributed by atoms with E-state index in [0.29, 0.717) is 6.42 Å². The maximum Gasteiger partial charge on any atom is 0.416 e. The predicted molar refractivity (Wildman–Crippen MR) is 66.3 cm³/mol. The summed E-state index contributed by atoms with van der Waals surface area (Å²) < 4.78 is 37.1. The SMILES string of the molecule is CN(C)CCC(N)Cc1ccc(C(F)(F)F)cc1. The molecule has 0 heterocycles. The summed E-state index contributed by atoms with van der Waals surface area (Å²) in [4.78, 5) is 2.03. The second kappa shape index (κ2) is 6.20. The molecule has 0 aromatic heterocycles. The molecule has 0 fully saturated rings. The van der Waals surface area contributed by atoms with Crippen LogP contribution in [0.25, 0.3) is 0 Å². The van der Waals surface area contributed by atoms with Crippen molar-refractivity contribution in [1.82, 2.24) is 4.90 Å². The number of alkyl halides is 3. The van der Waals surface area contributed by atoms with Gasteiger partial charge >= 0.3 is 6.18 Å². The van der Waals surface area contributed by atoms with Gasteiger partial charge in [-0.15, -0.1) is 0 Å². The van der Waals surface area contributed by atoms with Crippen LogP contribution in [0.3, 0.4) is 0 Å². The number of nitrogens with two attached hydrogens (primary N) is 1. The van der Waals surface area contributed by atoms with Gasteiger partial charge in [0.05, 0.1) is 5.56 Å². The van der Waals surface area contributed by atoms with Crippen molar-refractivity contribution in [3.63, 3.8) is 0 Å². The minimum Gasteiger partial charge on any atom is -0.327 e. The van der Waals surface area contributed by atoms with E-state index in [1.807, 2.05) is 19.0 Å². The molecule has 0 spiro atoms. The summed E-state index contributed by atoms with van der Waals surface area (Å²) in [6.07, 6.45) is -2.84. The molecular weight excluding hydrogens is 241 g/mol. The molecular formula is C13H19F3N2. The van der Waals surface area contributed by atoms with E-state index in [9.17, 15) is 13.2 Å². The lowest BCUT2D eigenvalue weighted by molar-refractivity contribution is -0.137. The first-order valence-corrected chi connectivity index (χ1v) is 5.85. The lowest BCUT2D eigenvalue weighted by Gasteiger charge is -2.15. The van der Waals surface area contributed by atoms with Crippen LogP contribution in [0.15, 0.2) is 24.3 Å². The summed E-state index contributed by atoms with van der Waals surface area (Å²) in [6.45, 7) is 0.877. The van der Waals surface area contributed by atoms with E-state index in [0.717, 1.165) is 30.7 Å². The van der Waals surface area contributed by atoms with Gasteiger partial charge in [0.25, 0.3) is 0 Å². The molecule has 0 bridgehead atoms. The van der Waals surface area contributed by atoms with Gasteiger partial charge in [0.15, 0.2) is 0 Å². The minimum atomic E-state index is -4.27. The number of benzene rings is 1. The van der Waals surface area contributed by atoms with Gasteiger partial charge < -0.3 is 10.6 Å². The minimum absolute atomic E-state index is 0.0239. The van der Waals surface area contributed by atoms with E-state index in [-0.39, 0.29) is 6.04 Å². The Morgan fingerprint density at radius 1 is 1.17 bits per heavy atom. The predicted octanol–water partition coefficient (Wildman–Crippen LogP) is 2.53. The second-order valence-corrected chi connectivity index (χ2v) is 4.75. The topological polar surface area (TPSA) is 29.3 Å². The fourth-order valence-electron chi connectivity index (χ4n) is 1.66. The Hall–Kier alpha value is -1.07. The van der Waals surface area contributed by atoms with Crippen molar-refractivity contribution in [3.8, 4) is 0 Å². The molecule has 1 rings (SSSR count). The normalized spacial score (nSPS) is 13.9. The van der Waals surface area contributed by atoms with Gasteiger partial charge in [-0.2, -0.15) is 13.2 Å². The van der Waals surface area contributed by atoms with Crippen LogP contribution in [0, 0.1) is 0 Å². The summed E-state index contributed by atoms with van der Waals surface area (Å²) in [6, 6.07) is 5.18. The lowest BCUT2D eigenvalue weighted by atomic mass is 10.0. The number of nitrogens with zero attached hydrogens (tertiary/aromatic N) is 1. The first-order valence-electron chi connectivity index (χ1n) is 5.85. The molecule has 0 amide bonds. The lowest BCUT2D eigenvalue weighted by Crippen LogP contribution is -2.28. The van der Waals surface area contributed by atoms with Gasteiger partial charge in [-0.25, -0.2) is 0 Å². The highest BCUT2D eigenvalue weighted by Gasteiger charge is 2.29. The average molecular weight is 260 g/mol. The third-order valence-corrected chi connectivity index (χ3v) is 2.73. The summed E-state index contributed by atoms with van der Waals surface area (Å²) in [7, 11) is 3.93. The van der Waals surface area contributed by atoms with E-state index in [4.69, 9.17) is 5.73 Å². The summed E-state index contributed by atoms with van der Waals surface area (Å²) in [5.74, 6) is 0. The number of halogens is 3. The third-order valence-electron chi connectivity index (χ3n) is 2.73. The molecule has 0 radical (unpaired) electrons. The molecule has 1 aromatic carbocycles. The largest absolute Gasteiger partial charge is 0.416 e. The van der Waals surface area contributed by atoms with Crippen molar-refractivity contribution in [3.05, 3.63) is 35.4 Å². The Morgan fingerprint density at radius 3 is 2.17 bits per heavy atom. The first-order chi connectivity index (χ1) is 8.29. The number of hydrogen-bond donors (Lipinski definition) is 1. The van der Waals surface area contributed by atoms with E-state index in [1.54, 1.807) is 0 Å². The van der Waals surface area contributed by atoms with Crippen molar-refractivity contribution in [2.45, 2.75) is 25.1 Å². The standard InChI is InChI=1S/C13H19F3N2/c1-18(2)8-7-12(17)9-10-3-5-11(6-4-10)13(14,15)16/h3-6,12H,7-9,17H2,1-2H3. The van der Waals surface area contributed by atoms with Gasteiger partial charge in [0.2, 0.25) is 0 Å². The Bertz CT molecular complexity index is 357. The molecule has 2 nitrogen and oxygen atoms in total. The zero-order valence-electron chi connectivity index (χ0n) is 10.7.